The Bertz CT molecular complexity index is 609. The number of ether oxygens (including phenoxy) is 1. The summed E-state index contributed by atoms with van der Waals surface area (Å²) in [7, 11) is 0. The molecule has 4 heteroatoms. The van der Waals surface area contributed by atoms with Gasteiger partial charge in [0.05, 0.1) is 5.02 Å². The van der Waals surface area contributed by atoms with Gasteiger partial charge in [0.2, 0.25) is 5.78 Å². The van der Waals surface area contributed by atoms with Crippen LogP contribution in [0.25, 0.3) is 0 Å². The molecule has 0 heterocycles. The van der Waals surface area contributed by atoms with Gasteiger partial charge in [-0.25, -0.2) is 0 Å². The van der Waals surface area contributed by atoms with E-state index in [0.29, 0.717) is 21.4 Å². The Hall–Kier alpha value is -1.51. The van der Waals surface area contributed by atoms with E-state index in [4.69, 9.17) is 27.9 Å². The average molecular weight is 295 g/mol. The first-order chi connectivity index (χ1) is 9.08. The summed E-state index contributed by atoms with van der Waals surface area (Å²) in [5, 5.41) is 1.10. The fourth-order valence-electron chi connectivity index (χ4n) is 1.62. The van der Waals surface area contributed by atoms with Crippen LogP contribution >= 0.6 is 23.2 Å². The molecular weight excluding hydrogens is 283 g/mol. The van der Waals surface area contributed by atoms with Crippen molar-refractivity contribution in [2.24, 2.45) is 0 Å². The Morgan fingerprint density at radius 2 is 1.84 bits per heavy atom. The van der Waals surface area contributed by atoms with Crippen molar-refractivity contribution >= 4 is 29.0 Å². The van der Waals surface area contributed by atoms with Gasteiger partial charge < -0.3 is 4.74 Å². The molecule has 0 radical (unpaired) electrons. The molecule has 0 unspecified atom stereocenters. The molecule has 0 atom stereocenters. The van der Waals surface area contributed by atoms with Gasteiger partial charge in [0, 0.05) is 10.6 Å². The first-order valence-corrected chi connectivity index (χ1v) is 6.50. The Morgan fingerprint density at radius 3 is 2.53 bits per heavy atom. The van der Waals surface area contributed by atoms with Crippen LogP contribution in [-0.4, -0.2) is 12.4 Å². The lowest BCUT2D eigenvalue weighted by molar-refractivity contribution is 0.0921. The number of hydrogen-bond donors (Lipinski definition) is 0. The summed E-state index contributed by atoms with van der Waals surface area (Å²) in [6, 6.07) is 12.2. The zero-order valence-electron chi connectivity index (χ0n) is 10.3. The monoisotopic (exact) mass is 294 g/mol. The van der Waals surface area contributed by atoms with Gasteiger partial charge in [0.1, 0.15) is 5.75 Å². The molecule has 2 nitrogen and oxygen atoms in total. The fraction of sp³-hybridized carbons (Fsp3) is 0.133. The molecule has 0 aliphatic carbocycles. The number of ketones is 1. The first kappa shape index (κ1) is 13.9. The van der Waals surface area contributed by atoms with Gasteiger partial charge in [0.15, 0.2) is 6.61 Å². The van der Waals surface area contributed by atoms with Gasteiger partial charge in [-0.2, -0.15) is 0 Å². The minimum absolute atomic E-state index is 0.0508. The van der Waals surface area contributed by atoms with E-state index in [-0.39, 0.29) is 12.4 Å². The van der Waals surface area contributed by atoms with E-state index < -0.39 is 0 Å². The zero-order valence-corrected chi connectivity index (χ0v) is 11.8. The predicted octanol–water partition coefficient (Wildman–Crippen LogP) is 4.56. The van der Waals surface area contributed by atoms with Gasteiger partial charge in [-0.1, -0.05) is 35.3 Å². The van der Waals surface area contributed by atoms with Gasteiger partial charge in [0.25, 0.3) is 0 Å². The molecule has 2 aromatic rings. The maximum atomic E-state index is 12.0. The summed E-state index contributed by atoms with van der Waals surface area (Å²) in [4.78, 5) is 12.0. The molecule has 0 aromatic heterocycles. The largest absolute Gasteiger partial charge is 0.485 e. The molecule has 2 aromatic carbocycles. The highest BCUT2D eigenvalue weighted by molar-refractivity contribution is 6.34. The van der Waals surface area contributed by atoms with Crippen LogP contribution in [0.1, 0.15) is 15.9 Å². The number of carbonyl (C=O) groups excluding carboxylic acids is 1. The molecule has 19 heavy (non-hydrogen) atoms. The molecule has 0 aliphatic rings. The van der Waals surface area contributed by atoms with Crippen LogP contribution in [0.3, 0.4) is 0 Å². The van der Waals surface area contributed by atoms with Crippen molar-refractivity contribution in [3.63, 3.8) is 0 Å². The Kier molecular flexibility index (Phi) is 4.46. The van der Waals surface area contributed by atoms with Gasteiger partial charge >= 0.3 is 0 Å². The van der Waals surface area contributed by atoms with Gasteiger partial charge in [-0.15, -0.1) is 0 Å². The van der Waals surface area contributed by atoms with E-state index >= 15 is 0 Å². The number of hydrogen-bond acceptors (Lipinski definition) is 2. The first-order valence-electron chi connectivity index (χ1n) is 5.74. The SMILES string of the molecule is Cc1cc(OCC(=O)c2ccccc2Cl)ccc1Cl. The standard InChI is InChI=1S/C15H12Cl2O2/c1-10-8-11(6-7-13(10)16)19-9-15(18)12-4-2-3-5-14(12)17/h2-8H,9H2,1H3. The molecule has 0 saturated carbocycles. The van der Waals surface area contributed by atoms with Crippen LogP contribution in [0.15, 0.2) is 42.5 Å². The zero-order chi connectivity index (χ0) is 13.8. The molecule has 0 amide bonds. The van der Waals surface area contributed by atoms with Crippen molar-refractivity contribution in [2.75, 3.05) is 6.61 Å². The summed E-state index contributed by atoms with van der Waals surface area (Å²) in [6.45, 7) is 1.83. The van der Waals surface area contributed by atoms with E-state index in [0.717, 1.165) is 5.56 Å². The Labute approximate surface area is 121 Å². The second kappa shape index (κ2) is 6.09. The minimum atomic E-state index is -0.154. The number of Topliss-reactive ketones (excluding diaryl/α,β-unsaturated/α-hetero) is 1. The molecule has 0 fully saturated rings. The number of benzene rings is 2. The number of carbonyl (C=O) groups is 1. The number of halogens is 2. The molecule has 2 rings (SSSR count). The summed E-state index contributed by atoms with van der Waals surface area (Å²) in [5.74, 6) is 0.459. The molecule has 0 spiro atoms. The summed E-state index contributed by atoms with van der Waals surface area (Å²) in [6.07, 6.45) is 0. The Morgan fingerprint density at radius 1 is 1.11 bits per heavy atom. The van der Waals surface area contributed by atoms with Crippen molar-refractivity contribution in [2.45, 2.75) is 6.92 Å². The highest BCUT2D eigenvalue weighted by Crippen LogP contribution is 2.21. The quantitative estimate of drug-likeness (QED) is 0.773. The normalized spacial score (nSPS) is 10.3. The molecule has 98 valence electrons. The van der Waals surface area contributed by atoms with Crippen LogP contribution < -0.4 is 4.74 Å². The third-order valence-corrected chi connectivity index (χ3v) is 3.43. The maximum Gasteiger partial charge on any atom is 0.201 e. The lowest BCUT2D eigenvalue weighted by Crippen LogP contribution is -2.12. The predicted molar refractivity (Wildman–Crippen MR) is 77.5 cm³/mol. The lowest BCUT2D eigenvalue weighted by Gasteiger charge is -2.08. The highest BCUT2D eigenvalue weighted by atomic mass is 35.5. The smallest absolute Gasteiger partial charge is 0.201 e. The third-order valence-electron chi connectivity index (χ3n) is 2.67. The molecule has 0 N–H and O–H groups in total. The average Bonchev–Trinajstić information content (AvgIpc) is 2.40. The fourth-order valence-corrected chi connectivity index (χ4v) is 1.98. The summed E-state index contributed by atoms with van der Waals surface area (Å²) >= 11 is 11.9. The van der Waals surface area contributed by atoms with Crippen molar-refractivity contribution in [3.05, 3.63) is 63.6 Å². The third kappa shape index (κ3) is 3.49. The highest BCUT2D eigenvalue weighted by Gasteiger charge is 2.10. The summed E-state index contributed by atoms with van der Waals surface area (Å²) in [5.41, 5.74) is 1.37. The van der Waals surface area contributed by atoms with Crippen LogP contribution in [0.2, 0.25) is 10.0 Å². The van der Waals surface area contributed by atoms with Crippen molar-refractivity contribution < 1.29 is 9.53 Å². The van der Waals surface area contributed by atoms with E-state index in [1.807, 2.05) is 6.92 Å². The number of rotatable bonds is 4. The summed E-state index contributed by atoms with van der Waals surface area (Å²) < 4.78 is 5.45. The minimum Gasteiger partial charge on any atom is -0.485 e. The van der Waals surface area contributed by atoms with Crippen molar-refractivity contribution in [3.8, 4) is 5.75 Å². The Balaban J connectivity index is 2.04. The second-order valence-corrected chi connectivity index (χ2v) is 4.92. The van der Waals surface area contributed by atoms with E-state index in [2.05, 4.69) is 0 Å². The second-order valence-electron chi connectivity index (χ2n) is 4.10. The molecule has 0 bridgehead atoms. The molecule has 0 aliphatic heterocycles. The van der Waals surface area contributed by atoms with Crippen LogP contribution in [0.5, 0.6) is 5.75 Å². The number of aryl methyl sites for hydroxylation is 1. The van der Waals surface area contributed by atoms with Crippen molar-refractivity contribution in [1.82, 2.24) is 0 Å². The maximum absolute atomic E-state index is 12.0. The van der Waals surface area contributed by atoms with Crippen LogP contribution in [-0.2, 0) is 0 Å². The van der Waals surface area contributed by atoms with E-state index in [1.165, 1.54) is 0 Å². The molecular formula is C15H12Cl2O2. The van der Waals surface area contributed by atoms with Crippen LogP contribution in [0, 0.1) is 6.92 Å². The lowest BCUT2D eigenvalue weighted by atomic mass is 10.1. The molecule has 0 saturated heterocycles. The van der Waals surface area contributed by atoms with E-state index in [9.17, 15) is 4.79 Å². The topological polar surface area (TPSA) is 26.3 Å². The van der Waals surface area contributed by atoms with Gasteiger partial charge in [-0.05, 0) is 42.8 Å². The van der Waals surface area contributed by atoms with Crippen molar-refractivity contribution in [1.29, 1.82) is 0 Å². The van der Waals surface area contributed by atoms with Gasteiger partial charge in [-0.3, -0.25) is 4.79 Å². The van der Waals surface area contributed by atoms with Crippen LogP contribution in [0.4, 0.5) is 0 Å². The van der Waals surface area contributed by atoms with E-state index in [1.54, 1.807) is 42.5 Å².